The predicted octanol–water partition coefficient (Wildman–Crippen LogP) is 3.28. The van der Waals surface area contributed by atoms with Crippen LogP contribution in [0.3, 0.4) is 0 Å². The van der Waals surface area contributed by atoms with Crippen molar-refractivity contribution in [1.29, 1.82) is 0 Å². The average molecular weight is 487 g/mol. The van der Waals surface area contributed by atoms with Crippen LogP contribution in [0, 0.1) is 10.1 Å². The van der Waals surface area contributed by atoms with Crippen LogP contribution in [-0.2, 0) is 6.54 Å². The number of hydrogen-bond acceptors (Lipinski definition) is 4. The molecule has 1 aliphatic heterocycles. The van der Waals surface area contributed by atoms with Crippen LogP contribution in [0.5, 0.6) is 0 Å². The minimum absolute atomic E-state index is 0. The number of halogens is 1. The monoisotopic (exact) mass is 487 g/mol. The molecule has 1 aromatic carbocycles. The van der Waals surface area contributed by atoms with Crippen LogP contribution in [-0.4, -0.2) is 48.0 Å². The molecule has 1 heterocycles. The number of aliphatic imine (C=N–C) groups is 1. The lowest BCUT2D eigenvalue weighted by molar-refractivity contribution is -0.384. The van der Waals surface area contributed by atoms with Gasteiger partial charge in [0.1, 0.15) is 0 Å². The zero-order chi connectivity index (χ0) is 18.4. The number of nitrogens with one attached hydrogen (secondary N) is 2. The van der Waals surface area contributed by atoms with E-state index in [2.05, 4.69) is 20.5 Å². The van der Waals surface area contributed by atoms with Gasteiger partial charge in [0.15, 0.2) is 5.96 Å². The van der Waals surface area contributed by atoms with Gasteiger partial charge in [-0.3, -0.25) is 15.1 Å². The molecule has 1 saturated heterocycles. The number of hydrogen-bond donors (Lipinski definition) is 2. The molecule has 0 aromatic heterocycles. The number of nitro benzene ring substituents is 1. The first-order chi connectivity index (χ1) is 12.7. The smallest absolute Gasteiger partial charge is 0.269 e. The van der Waals surface area contributed by atoms with Gasteiger partial charge in [0.05, 0.1) is 4.92 Å². The Hall–Kier alpha value is -1.42. The van der Waals surface area contributed by atoms with Gasteiger partial charge in [0, 0.05) is 50.9 Å². The third-order valence-corrected chi connectivity index (χ3v) is 5.52. The molecule has 0 bridgehead atoms. The van der Waals surface area contributed by atoms with E-state index in [1.165, 1.54) is 31.7 Å². The summed E-state index contributed by atoms with van der Waals surface area (Å²) in [6.07, 6.45) is 7.77. The first-order valence-electron chi connectivity index (χ1n) is 9.60. The van der Waals surface area contributed by atoms with Gasteiger partial charge in [0.25, 0.3) is 5.69 Å². The largest absolute Gasteiger partial charge is 0.354 e. The second-order valence-corrected chi connectivity index (χ2v) is 7.25. The lowest BCUT2D eigenvalue weighted by atomic mass is 10.0. The summed E-state index contributed by atoms with van der Waals surface area (Å²) in [5, 5.41) is 17.6. The van der Waals surface area contributed by atoms with E-state index in [0.29, 0.717) is 12.6 Å². The number of guanidine groups is 1. The number of nitro groups is 1. The van der Waals surface area contributed by atoms with Crippen molar-refractivity contribution in [3.63, 3.8) is 0 Å². The standard InChI is InChI=1S/C19H29N5O2.HI/c1-20-19(21-14-15-5-4-8-18(13-15)24(25)26)22-16-9-11-23(12-10-16)17-6-2-3-7-17;/h4-5,8,13,16-17H,2-3,6-7,9-12,14H2,1H3,(H2,20,21,22);1H. The molecular formula is C19H30IN5O2. The maximum Gasteiger partial charge on any atom is 0.269 e. The molecule has 7 nitrogen and oxygen atoms in total. The highest BCUT2D eigenvalue weighted by molar-refractivity contribution is 14.0. The van der Waals surface area contributed by atoms with Gasteiger partial charge in [-0.15, -0.1) is 24.0 Å². The lowest BCUT2D eigenvalue weighted by Gasteiger charge is -2.36. The Morgan fingerprint density at radius 1 is 1.26 bits per heavy atom. The summed E-state index contributed by atoms with van der Waals surface area (Å²) in [6, 6.07) is 7.94. The highest BCUT2D eigenvalue weighted by atomic mass is 127. The second kappa shape index (κ2) is 10.8. The maximum atomic E-state index is 10.9. The Morgan fingerprint density at radius 2 is 1.96 bits per heavy atom. The summed E-state index contributed by atoms with van der Waals surface area (Å²) in [4.78, 5) is 17.5. The second-order valence-electron chi connectivity index (χ2n) is 7.25. The normalized spacial score (nSPS) is 19.5. The number of likely N-dealkylation sites (tertiary alicyclic amines) is 1. The predicted molar refractivity (Wildman–Crippen MR) is 119 cm³/mol. The van der Waals surface area contributed by atoms with E-state index in [-0.39, 0.29) is 34.6 Å². The van der Waals surface area contributed by atoms with Crippen molar-refractivity contribution < 1.29 is 4.92 Å². The van der Waals surface area contributed by atoms with E-state index in [9.17, 15) is 10.1 Å². The quantitative estimate of drug-likeness (QED) is 0.219. The molecule has 2 aliphatic rings. The molecule has 3 rings (SSSR count). The SMILES string of the molecule is CN=C(NCc1cccc([N+](=O)[O-])c1)NC1CCN(C2CCCC2)CC1.I. The van der Waals surface area contributed by atoms with Crippen LogP contribution in [0.25, 0.3) is 0 Å². The molecule has 2 fully saturated rings. The van der Waals surface area contributed by atoms with E-state index >= 15 is 0 Å². The van der Waals surface area contributed by atoms with Crippen LogP contribution in [0.2, 0.25) is 0 Å². The summed E-state index contributed by atoms with van der Waals surface area (Å²) in [7, 11) is 1.76. The van der Waals surface area contributed by atoms with Gasteiger partial charge in [-0.05, 0) is 31.2 Å². The van der Waals surface area contributed by atoms with Crippen molar-refractivity contribution in [3.8, 4) is 0 Å². The summed E-state index contributed by atoms with van der Waals surface area (Å²) in [6.45, 7) is 2.83. The Kier molecular flexibility index (Phi) is 8.75. The Bertz CT molecular complexity index is 641. The minimum atomic E-state index is -0.366. The Morgan fingerprint density at radius 3 is 2.59 bits per heavy atom. The van der Waals surface area contributed by atoms with Gasteiger partial charge >= 0.3 is 0 Å². The third kappa shape index (κ3) is 6.31. The molecule has 1 aromatic rings. The molecule has 8 heteroatoms. The van der Waals surface area contributed by atoms with Gasteiger partial charge in [-0.2, -0.15) is 0 Å². The molecule has 1 aliphatic carbocycles. The van der Waals surface area contributed by atoms with Gasteiger partial charge in [-0.1, -0.05) is 25.0 Å². The maximum absolute atomic E-state index is 10.9. The van der Waals surface area contributed by atoms with Crippen molar-refractivity contribution in [2.75, 3.05) is 20.1 Å². The molecule has 150 valence electrons. The number of benzene rings is 1. The molecule has 27 heavy (non-hydrogen) atoms. The first kappa shape index (κ1) is 21.9. The number of rotatable bonds is 5. The van der Waals surface area contributed by atoms with Crippen molar-refractivity contribution in [3.05, 3.63) is 39.9 Å². The summed E-state index contributed by atoms with van der Waals surface area (Å²) in [5.41, 5.74) is 0.990. The Balaban J connectivity index is 0.00000261. The van der Waals surface area contributed by atoms with Crippen LogP contribution in [0.4, 0.5) is 5.69 Å². The van der Waals surface area contributed by atoms with E-state index in [0.717, 1.165) is 43.5 Å². The highest BCUT2D eigenvalue weighted by Gasteiger charge is 2.27. The third-order valence-electron chi connectivity index (χ3n) is 5.52. The average Bonchev–Trinajstić information content (AvgIpc) is 3.20. The molecule has 0 unspecified atom stereocenters. The molecule has 2 N–H and O–H groups in total. The topological polar surface area (TPSA) is 82.8 Å². The number of non-ortho nitro benzene ring substituents is 1. The van der Waals surface area contributed by atoms with E-state index < -0.39 is 0 Å². The fourth-order valence-electron chi connectivity index (χ4n) is 4.03. The van der Waals surface area contributed by atoms with Gasteiger partial charge in [0.2, 0.25) is 0 Å². The van der Waals surface area contributed by atoms with E-state index in [4.69, 9.17) is 0 Å². The molecule has 0 spiro atoms. The number of nitrogens with zero attached hydrogens (tertiary/aromatic N) is 3. The first-order valence-corrected chi connectivity index (χ1v) is 9.60. The van der Waals surface area contributed by atoms with Crippen LogP contribution in [0.15, 0.2) is 29.3 Å². The van der Waals surface area contributed by atoms with Crippen molar-refractivity contribution in [2.45, 2.75) is 57.2 Å². The van der Waals surface area contributed by atoms with Crippen molar-refractivity contribution in [1.82, 2.24) is 15.5 Å². The minimum Gasteiger partial charge on any atom is -0.354 e. The Labute approximate surface area is 178 Å². The summed E-state index contributed by atoms with van der Waals surface area (Å²) in [5.74, 6) is 0.760. The fraction of sp³-hybridized carbons (Fsp3) is 0.632. The molecule has 0 amide bonds. The van der Waals surface area contributed by atoms with Gasteiger partial charge in [-0.25, -0.2) is 0 Å². The zero-order valence-electron chi connectivity index (χ0n) is 15.9. The van der Waals surface area contributed by atoms with Gasteiger partial charge < -0.3 is 15.5 Å². The fourth-order valence-corrected chi connectivity index (χ4v) is 4.03. The van der Waals surface area contributed by atoms with E-state index in [1.807, 2.05) is 6.07 Å². The molecule has 0 atom stereocenters. The summed E-state index contributed by atoms with van der Waals surface area (Å²) >= 11 is 0. The van der Waals surface area contributed by atoms with Crippen LogP contribution in [0.1, 0.15) is 44.1 Å². The van der Waals surface area contributed by atoms with E-state index in [1.54, 1.807) is 19.2 Å². The highest BCUT2D eigenvalue weighted by Crippen LogP contribution is 2.26. The van der Waals surface area contributed by atoms with Crippen LogP contribution < -0.4 is 10.6 Å². The molecular weight excluding hydrogens is 457 g/mol. The van der Waals surface area contributed by atoms with Crippen molar-refractivity contribution in [2.24, 2.45) is 4.99 Å². The molecule has 1 saturated carbocycles. The number of piperidine rings is 1. The summed E-state index contributed by atoms with van der Waals surface area (Å²) < 4.78 is 0. The lowest BCUT2D eigenvalue weighted by Crippen LogP contribution is -2.50. The van der Waals surface area contributed by atoms with Crippen LogP contribution >= 0.6 is 24.0 Å². The van der Waals surface area contributed by atoms with Crippen molar-refractivity contribution >= 4 is 35.6 Å². The molecule has 0 radical (unpaired) electrons. The zero-order valence-corrected chi connectivity index (χ0v) is 18.2.